The molecule has 2 aliphatic heterocycles. The maximum atomic E-state index is 5.57. The van der Waals surface area contributed by atoms with Crippen LogP contribution in [0.4, 0.5) is 5.95 Å². The van der Waals surface area contributed by atoms with Crippen LogP contribution in [0.1, 0.15) is 24.4 Å². The van der Waals surface area contributed by atoms with E-state index < -0.39 is 0 Å². The van der Waals surface area contributed by atoms with Crippen LogP contribution in [0, 0.1) is 19.8 Å². The number of piperidine rings is 1. The molecule has 0 aromatic carbocycles. The number of rotatable bonds is 2. The van der Waals surface area contributed by atoms with E-state index in [4.69, 9.17) is 4.42 Å². The summed E-state index contributed by atoms with van der Waals surface area (Å²) in [6.07, 6.45) is 2.59. The molecule has 2 N–H and O–H groups in total. The Balaban J connectivity index is 1.56. The Morgan fingerprint density at radius 2 is 2.24 bits per heavy atom. The van der Waals surface area contributed by atoms with Crippen molar-refractivity contribution in [2.24, 2.45) is 5.92 Å². The number of aromatic amines is 1. The molecule has 4 rings (SSSR count). The third-order valence-corrected chi connectivity index (χ3v) is 4.65. The van der Waals surface area contributed by atoms with Gasteiger partial charge in [-0.05, 0) is 45.2 Å². The summed E-state index contributed by atoms with van der Waals surface area (Å²) in [5.41, 5.74) is 1.00. The Hall–Kier alpha value is -1.82. The monoisotopic (exact) mass is 287 g/mol. The summed E-state index contributed by atoms with van der Waals surface area (Å²) in [5, 5.41) is 11.1. The van der Waals surface area contributed by atoms with E-state index in [-0.39, 0.29) is 0 Å². The van der Waals surface area contributed by atoms with Crippen LogP contribution >= 0.6 is 0 Å². The largest absolute Gasteiger partial charge is 0.466 e. The van der Waals surface area contributed by atoms with E-state index in [1.165, 1.54) is 12.8 Å². The van der Waals surface area contributed by atoms with Crippen molar-refractivity contribution in [1.82, 2.24) is 20.5 Å². The van der Waals surface area contributed by atoms with E-state index in [2.05, 4.69) is 25.4 Å². The predicted molar refractivity (Wildman–Crippen MR) is 80.3 cm³/mol. The zero-order valence-corrected chi connectivity index (χ0v) is 12.5. The van der Waals surface area contributed by atoms with Crippen LogP contribution in [-0.4, -0.2) is 40.9 Å². The van der Waals surface area contributed by atoms with Crippen molar-refractivity contribution in [3.05, 3.63) is 17.6 Å². The molecule has 0 bridgehead atoms. The lowest BCUT2D eigenvalue weighted by Crippen LogP contribution is -2.40. The number of aromatic nitrogens is 3. The van der Waals surface area contributed by atoms with Gasteiger partial charge in [0.1, 0.15) is 11.5 Å². The number of nitrogens with one attached hydrogen (secondary N) is 2. The lowest BCUT2D eigenvalue weighted by molar-refractivity contribution is 0.340. The fourth-order valence-corrected chi connectivity index (χ4v) is 3.59. The molecule has 6 heteroatoms. The molecular formula is C15H21N5O. The fraction of sp³-hybridized carbons (Fsp3) is 0.600. The summed E-state index contributed by atoms with van der Waals surface area (Å²) in [7, 11) is 0. The van der Waals surface area contributed by atoms with Gasteiger partial charge in [0.25, 0.3) is 0 Å². The van der Waals surface area contributed by atoms with Gasteiger partial charge in [-0.25, -0.2) is 0 Å². The number of furan rings is 1. The van der Waals surface area contributed by atoms with E-state index in [9.17, 15) is 0 Å². The highest BCUT2D eigenvalue weighted by molar-refractivity contribution is 5.59. The molecule has 2 saturated heterocycles. The second kappa shape index (κ2) is 4.87. The third-order valence-electron chi connectivity index (χ3n) is 4.65. The second-order valence-corrected chi connectivity index (χ2v) is 6.18. The summed E-state index contributed by atoms with van der Waals surface area (Å²) < 4.78 is 5.57. The molecule has 0 spiro atoms. The van der Waals surface area contributed by atoms with E-state index in [1.807, 2.05) is 19.9 Å². The van der Waals surface area contributed by atoms with Crippen LogP contribution in [0.25, 0.3) is 11.4 Å². The molecule has 2 unspecified atom stereocenters. The first-order chi connectivity index (χ1) is 10.2. The summed E-state index contributed by atoms with van der Waals surface area (Å²) in [5.74, 6) is 4.11. The second-order valence-electron chi connectivity index (χ2n) is 6.18. The number of hydrogen-bond donors (Lipinski definition) is 2. The average Bonchev–Trinajstić information content (AvgIpc) is 3.15. The molecular weight excluding hydrogens is 266 g/mol. The van der Waals surface area contributed by atoms with Crippen molar-refractivity contribution in [3.8, 4) is 11.4 Å². The van der Waals surface area contributed by atoms with Gasteiger partial charge in [-0.15, -0.1) is 5.10 Å². The van der Waals surface area contributed by atoms with Gasteiger partial charge in [0.05, 0.1) is 5.56 Å². The number of hydrogen-bond acceptors (Lipinski definition) is 5. The van der Waals surface area contributed by atoms with Gasteiger partial charge in [-0.1, -0.05) is 0 Å². The first-order valence-corrected chi connectivity index (χ1v) is 7.69. The van der Waals surface area contributed by atoms with Crippen molar-refractivity contribution in [2.75, 3.05) is 24.5 Å². The molecule has 21 heavy (non-hydrogen) atoms. The normalized spacial score (nSPS) is 25.3. The van der Waals surface area contributed by atoms with Crippen molar-refractivity contribution in [2.45, 2.75) is 32.7 Å². The van der Waals surface area contributed by atoms with Gasteiger partial charge < -0.3 is 14.6 Å². The van der Waals surface area contributed by atoms with E-state index in [0.29, 0.717) is 6.04 Å². The molecule has 6 nitrogen and oxygen atoms in total. The molecule has 0 aliphatic carbocycles. The maximum Gasteiger partial charge on any atom is 0.245 e. The predicted octanol–water partition coefficient (Wildman–Crippen LogP) is 1.87. The number of anilines is 1. The minimum atomic E-state index is 0.596. The minimum Gasteiger partial charge on any atom is -0.466 e. The van der Waals surface area contributed by atoms with Crippen molar-refractivity contribution >= 4 is 5.95 Å². The fourth-order valence-electron chi connectivity index (χ4n) is 3.59. The van der Waals surface area contributed by atoms with Crippen molar-refractivity contribution in [3.63, 3.8) is 0 Å². The maximum absolute atomic E-state index is 5.57. The number of aryl methyl sites for hydroxylation is 2. The quantitative estimate of drug-likeness (QED) is 0.882. The van der Waals surface area contributed by atoms with Crippen LogP contribution in [0.15, 0.2) is 10.5 Å². The SMILES string of the molecule is Cc1cc(-c2nc(N3CC4CCCNC4C3)n[nH]2)c(C)o1. The standard InChI is InChI=1S/C15H21N5O/c1-9-6-12(10(2)21-9)14-17-15(19-18-14)20-7-11-4-3-5-16-13(11)8-20/h6,11,13,16H,3-5,7-8H2,1-2H3,(H,17,18,19). The molecule has 4 heterocycles. The summed E-state index contributed by atoms with van der Waals surface area (Å²) in [4.78, 5) is 6.95. The van der Waals surface area contributed by atoms with Crippen molar-refractivity contribution in [1.29, 1.82) is 0 Å². The van der Waals surface area contributed by atoms with Gasteiger partial charge in [-0.2, -0.15) is 4.98 Å². The number of nitrogens with zero attached hydrogens (tertiary/aromatic N) is 3. The van der Waals surface area contributed by atoms with Gasteiger partial charge in [0.2, 0.25) is 5.95 Å². The van der Waals surface area contributed by atoms with Crippen molar-refractivity contribution < 1.29 is 4.42 Å². The van der Waals surface area contributed by atoms with Gasteiger partial charge in [-0.3, -0.25) is 5.10 Å². The lowest BCUT2D eigenvalue weighted by atomic mass is 9.94. The molecule has 0 amide bonds. The van der Waals surface area contributed by atoms with Crippen LogP contribution in [-0.2, 0) is 0 Å². The molecule has 2 fully saturated rings. The molecule has 2 aromatic rings. The minimum absolute atomic E-state index is 0.596. The summed E-state index contributed by atoms with van der Waals surface area (Å²) in [6, 6.07) is 2.60. The zero-order chi connectivity index (χ0) is 14.4. The molecule has 2 aromatic heterocycles. The smallest absolute Gasteiger partial charge is 0.245 e. The first kappa shape index (κ1) is 12.9. The Labute approximate surface area is 123 Å². The highest BCUT2D eigenvalue weighted by Crippen LogP contribution is 2.29. The molecule has 0 radical (unpaired) electrons. The third kappa shape index (κ3) is 2.23. The topological polar surface area (TPSA) is 70.0 Å². The molecule has 2 atom stereocenters. The van der Waals surface area contributed by atoms with Crippen LogP contribution in [0.2, 0.25) is 0 Å². The zero-order valence-electron chi connectivity index (χ0n) is 12.5. The van der Waals surface area contributed by atoms with Gasteiger partial charge in [0.15, 0.2) is 5.82 Å². The molecule has 112 valence electrons. The van der Waals surface area contributed by atoms with Gasteiger partial charge in [0, 0.05) is 19.1 Å². The highest BCUT2D eigenvalue weighted by atomic mass is 16.3. The summed E-state index contributed by atoms with van der Waals surface area (Å²) in [6.45, 7) is 7.11. The lowest BCUT2D eigenvalue weighted by Gasteiger charge is -2.24. The summed E-state index contributed by atoms with van der Waals surface area (Å²) >= 11 is 0. The van der Waals surface area contributed by atoms with E-state index >= 15 is 0 Å². The Morgan fingerprint density at radius 1 is 1.33 bits per heavy atom. The van der Waals surface area contributed by atoms with E-state index in [1.54, 1.807) is 0 Å². The average molecular weight is 287 g/mol. The Morgan fingerprint density at radius 3 is 3.00 bits per heavy atom. The highest BCUT2D eigenvalue weighted by Gasteiger charge is 2.35. The van der Waals surface area contributed by atoms with Gasteiger partial charge >= 0.3 is 0 Å². The number of H-pyrrole nitrogens is 1. The Kier molecular flexibility index (Phi) is 2.99. The first-order valence-electron chi connectivity index (χ1n) is 7.69. The van der Waals surface area contributed by atoms with Crippen LogP contribution in [0.3, 0.4) is 0 Å². The van der Waals surface area contributed by atoms with Crippen LogP contribution in [0.5, 0.6) is 0 Å². The Bertz CT molecular complexity index is 632. The molecule has 0 saturated carbocycles. The van der Waals surface area contributed by atoms with Crippen LogP contribution < -0.4 is 10.2 Å². The van der Waals surface area contributed by atoms with E-state index in [0.717, 1.165) is 54.4 Å². The number of fused-ring (bicyclic) bond motifs is 1. The molecule has 2 aliphatic rings.